The molecule has 1 aliphatic rings. The summed E-state index contributed by atoms with van der Waals surface area (Å²) in [5.41, 5.74) is 5.72. The number of aliphatic hydroxyl groups excluding tert-OH is 1. The van der Waals surface area contributed by atoms with Crippen molar-refractivity contribution in [3.63, 3.8) is 0 Å². The molecule has 0 bridgehead atoms. The molecule has 3 nitrogen and oxygen atoms in total. The van der Waals surface area contributed by atoms with Gasteiger partial charge in [0.2, 0.25) is 0 Å². The molecular formula is C7H15NO2. The van der Waals surface area contributed by atoms with Crippen molar-refractivity contribution in [2.75, 3.05) is 0 Å². The topological polar surface area (TPSA) is 55.5 Å². The van der Waals surface area contributed by atoms with Crippen LogP contribution in [0.15, 0.2) is 0 Å². The summed E-state index contributed by atoms with van der Waals surface area (Å²) in [4.78, 5) is 0. The van der Waals surface area contributed by atoms with Gasteiger partial charge in [0.25, 0.3) is 0 Å². The van der Waals surface area contributed by atoms with E-state index < -0.39 is 6.29 Å². The Morgan fingerprint density at radius 3 is 2.60 bits per heavy atom. The first kappa shape index (κ1) is 7.98. The maximum absolute atomic E-state index is 9.07. The number of hydrogen-bond donors (Lipinski definition) is 2. The van der Waals surface area contributed by atoms with Gasteiger partial charge in [-0.25, -0.2) is 0 Å². The summed E-state index contributed by atoms with van der Waals surface area (Å²) in [5, 5.41) is 9.07. The van der Waals surface area contributed by atoms with Crippen LogP contribution in [0.1, 0.15) is 20.3 Å². The van der Waals surface area contributed by atoms with Crippen molar-refractivity contribution in [3.8, 4) is 0 Å². The lowest BCUT2D eigenvalue weighted by Crippen LogP contribution is -2.45. The molecule has 60 valence electrons. The Kier molecular flexibility index (Phi) is 2.28. The maximum atomic E-state index is 9.07. The molecule has 4 atom stereocenters. The molecule has 3 heteroatoms. The van der Waals surface area contributed by atoms with Crippen LogP contribution in [0.25, 0.3) is 0 Å². The minimum Gasteiger partial charge on any atom is -0.368 e. The molecule has 3 unspecified atom stereocenters. The van der Waals surface area contributed by atoms with Gasteiger partial charge in [0, 0.05) is 12.5 Å². The second-order valence-corrected chi connectivity index (χ2v) is 3.05. The van der Waals surface area contributed by atoms with Crippen LogP contribution in [0, 0.1) is 5.92 Å². The highest BCUT2D eigenvalue weighted by Crippen LogP contribution is 2.21. The van der Waals surface area contributed by atoms with Gasteiger partial charge in [0.15, 0.2) is 6.29 Å². The fourth-order valence-electron chi connectivity index (χ4n) is 1.22. The molecule has 1 saturated heterocycles. The van der Waals surface area contributed by atoms with Crippen molar-refractivity contribution in [3.05, 3.63) is 0 Å². The largest absolute Gasteiger partial charge is 0.368 e. The highest BCUT2D eigenvalue weighted by atomic mass is 16.6. The van der Waals surface area contributed by atoms with Gasteiger partial charge >= 0.3 is 0 Å². The molecule has 1 fully saturated rings. The molecule has 1 aliphatic heterocycles. The Bertz CT molecular complexity index is 106. The van der Waals surface area contributed by atoms with E-state index in [1.54, 1.807) is 0 Å². The van der Waals surface area contributed by atoms with E-state index in [1.165, 1.54) is 0 Å². The molecule has 0 spiro atoms. The fourth-order valence-corrected chi connectivity index (χ4v) is 1.22. The number of hydrogen-bond acceptors (Lipinski definition) is 3. The van der Waals surface area contributed by atoms with E-state index in [1.807, 2.05) is 13.8 Å². The van der Waals surface area contributed by atoms with Gasteiger partial charge in [-0.1, -0.05) is 6.92 Å². The van der Waals surface area contributed by atoms with Crippen molar-refractivity contribution < 1.29 is 9.84 Å². The van der Waals surface area contributed by atoms with E-state index in [0.29, 0.717) is 12.3 Å². The average molecular weight is 145 g/mol. The average Bonchev–Trinajstić information content (AvgIpc) is 1.82. The van der Waals surface area contributed by atoms with Crippen LogP contribution in [-0.4, -0.2) is 23.5 Å². The van der Waals surface area contributed by atoms with Crippen LogP contribution in [0.3, 0.4) is 0 Å². The van der Waals surface area contributed by atoms with Gasteiger partial charge in [0.05, 0.1) is 6.10 Å². The molecular weight excluding hydrogens is 130 g/mol. The van der Waals surface area contributed by atoms with Crippen LogP contribution in [0.2, 0.25) is 0 Å². The second-order valence-electron chi connectivity index (χ2n) is 3.05. The SMILES string of the molecule is CC1O[C@@H](O)CC(N)C1C. The highest BCUT2D eigenvalue weighted by molar-refractivity contribution is 4.79. The van der Waals surface area contributed by atoms with Gasteiger partial charge in [-0.3, -0.25) is 0 Å². The highest BCUT2D eigenvalue weighted by Gasteiger charge is 2.29. The molecule has 0 aromatic carbocycles. The van der Waals surface area contributed by atoms with E-state index in [4.69, 9.17) is 15.6 Å². The van der Waals surface area contributed by atoms with Gasteiger partial charge in [-0.05, 0) is 12.8 Å². The third-order valence-corrected chi connectivity index (χ3v) is 2.26. The van der Waals surface area contributed by atoms with Crippen LogP contribution in [-0.2, 0) is 4.74 Å². The van der Waals surface area contributed by atoms with Gasteiger partial charge in [-0.15, -0.1) is 0 Å². The molecule has 1 heterocycles. The second kappa shape index (κ2) is 2.86. The Morgan fingerprint density at radius 2 is 2.10 bits per heavy atom. The molecule has 0 aliphatic carbocycles. The van der Waals surface area contributed by atoms with Crippen LogP contribution < -0.4 is 5.73 Å². The van der Waals surface area contributed by atoms with Crippen LogP contribution in [0.4, 0.5) is 0 Å². The number of ether oxygens (including phenoxy) is 1. The predicted octanol–water partition coefficient (Wildman–Crippen LogP) is 0.0770. The van der Waals surface area contributed by atoms with E-state index in [9.17, 15) is 0 Å². The number of rotatable bonds is 0. The first-order valence-electron chi connectivity index (χ1n) is 3.70. The molecule has 0 radical (unpaired) electrons. The summed E-state index contributed by atoms with van der Waals surface area (Å²) in [6.45, 7) is 3.98. The first-order chi connectivity index (χ1) is 4.61. The van der Waals surface area contributed by atoms with Crippen molar-refractivity contribution >= 4 is 0 Å². The molecule has 3 N–H and O–H groups in total. The monoisotopic (exact) mass is 145 g/mol. The lowest BCUT2D eigenvalue weighted by molar-refractivity contribution is -0.179. The quantitative estimate of drug-likeness (QED) is 0.507. The minimum absolute atomic E-state index is 0.0822. The third-order valence-electron chi connectivity index (χ3n) is 2.26. The van der Waals surface area contributed by atoms with Crippen molar-refractivity contribution in [1.29, 1.82) is 0 Å². The zero-order chi connectivity index (χ0) is 7.72. The Balaban J connectivity index is 2.49. The molecule has 0 amide bonds. The van der Waals surface area contributed by atoms with E-state index in [2.05, 4.69) is 0 Å². The Hall–Kier alpha value is -0.120. The maximum Gasteiger partial charge on any atom is 0.156 e. The van der Waals surface area contributed by atoms with Gasteiger partial charge in [0.1, 0.15) is 0 Å². The Labute approximate surface area is 61.2 Å². The summed E-state index contributed by atoms with van der Waals surface area (Å²) in [7, 11) is 0. The zero-order valence-electron chi connectivity index (χ0n) is 6.45. The number of nitrogens with two attached hydrogens (primary N) is 1. The number of aliphatic hydroxyl groups is 1. The molecule has 0 aromatic heterocycles. The fraction of sp³-hybridized carbons (Fsp3) is 1.00. The molecule has 10 heavy (non-hydrogen) atoms. The van der Waals surface area contributed by atoms with Crippen molar-refractivity contribution in [2.24, 2.45) is 11.7 Å². The van der Waals surface area contributed by atoms with Crippen LogP contribution in [0.5, 0.6) is 0 Å². The lowest BCUT2D eigenvalue weighted by atomic mass is 9.92. The molecule has 0 aromatic rings. The summed E-state index contributed by atoms with van der Waals surface area (Å²) >= 11 is 0. The Morgan fingerprint density at radius 1 is 1.50 bits per heavy atom. The first-order valence-corrected chi connectivity index (χ1v) is 3.70. The summed E-state index contributed by atoms with van der Waals surface area (Å²) in [6, 6.07) is 0.0822. The van der Waals surface area contributed by atoms with E-state index in [-0.39, 0.29) is 12.1 Å². The summed E-state index contributed by atoms with van der Waals surface area (Å²) in [5.74, 6) is 0.350. The van der Waals surface area contributed by atoms with Gasteiger partial charge in [-0.2, -0.15) is 0 Å². The van der Waals surface area contributed by atoms with Crippen molar-refractivity contribution in [1.82, 2.24) is 0 Å². The smallest absolute Gasteiger partial charge is 0.156 e. The van der Waals surface area contributed by atoms with E-state index in [0.717, 1.165) is 0 Å². The minimum atomic E-state index is -0.652. The normalized spacial score (nSPS) is 49.2. The summed E-state index contributed by atoms with van der Waals surface area (Å²) < 4.78 is 5.14. The standard InChI is InChI=1S/C7H15NO2/c1-4-5(2)10-7(9)3-6(4)8/h4-7,9H,3,8H2,1-2H3/t4?,5?,6?,7-/m1/s1. The van der Waals surface area contributed by atoms with Crippen LogP contribution >= 0.6 is 0 Å². The van der Waals surface area contributed by atoms with E-state index >= 15 is 0 Å². The summed E-state index contributed by atoms with van der Waals surface area (Å²) in [6.07, 6.45) is -0.00847. The molecule has 0 saturated carbocycles. The van der Waals surface area contributed by atoms with Crippen molar-refractivity contribution in [2.45, 2.75) is 38.7 Å². The lowest BCUT2D eigenvalue weighted by Gasteiger charge is -2.34. The predicted molar refractivity (Wildman–Crippen MR) is 38.3 cm³/mol. The molecule has 1 rings (SSSR count). The third kappa shape index (κ3) is 1.48. The van der Waals surface area contributed by atoms with Gasteiger partial charge < -0.3 is 15.6 Å². The zero-order valence-corrected chi connectivity index (χ0v) is 6.45.